The minimum Gasteiger partial charge on any atom is -0.468 e. The van der Waals surface area contributed by atoms with Crippen LogP contribution in [0.1, 0.15) is 33.0 Å². The number of nitrogens with zero attached hydrogens (tertiary/aromatic N) is 5. The van der Waals surface area contributed by atoms with Crippen molar-refractivity contribution in [1.82, 2.24) is 24.6 Å². The zero-order valence-electron chi connectivity index (χ0n) is 15.9. The molecule has 3 aromatic rings. The Morgan fingerprint density at radius 3 is 2.41 bits per heavy atom. The van der Waals surface area contributed by atoms with Crippen molar-refractivity contribution in [1.29, 1.82) is 0 Å². The van der Waals surface area contributed by atoms with Crippen molar-refractivity contribution in [2.45, 2.75) is 45.3 Å². The van der Waals surface area contributed by atoms with Crippen LogP contribution in [0.3, 0.4) is 0 Å². The smallest absolute Gasteiger partial charge is 0.418 e. The molecule has 156 valence electrons. The van der Waals surface area contributed by atoms with Crippen LogP contribution >= 0.6 is 0 Å². The van der Waals surface area contributed by atoms with E-state index in [1.165, 1.54) is 31.6 Å². The Bertz CT molecular complexity index is 973. The van der Waals surface area contributed by atoms with Gasteiger partial charge in [-0.1, -0.05) is 6.92 Å². The summed E-state index contributed by atoms with van der Waals surface area (Å²) in [5, 5.41) is 7.16. The fourth-order valence-electron chi connectivity index (χ4n) is 2.69. The average molecular weight is 413 g/mol. The third kappa shape index (κ3) is 4.44. The molecule has 0 bridgehead atoms. The summed E-state index contributed by atoms with van der Waals surface area (Å²) in [6.45, 7) is 3.60. The van der Waals surface area contributed by atoms with Crippen molar-refractivity contribution in [3.63, 3.8) is 0 Å². The summed E-state index contributed by atoms with van der Waals surface area (Å²) in [6.07, 6.45) is -0.864. The van der Waals surface area contributed by atoms with Crippen molar-refractivity contribution < 1.29 is 27.0 Å². The molecule has 3 rings (SSSR count). The molecule has 1 atom stereocenters. The van der Waals surface area contributed by atoms with E-state index in [1.807, 2.05) is 0 Å². The summed E-state index contributed by atoms with van der Waals surface area (Å²) < 4.78 is 65.9. The standard InChI is InChI=1S/C18H19F4N5O2/c1-4-13(17(3,19)20)29-15-7-6-11(8-24-15)12-10-27-14(9-23-12)25-26-16(27)18(21,22)28-5-2/h6-10,13H,4-5H2,1-3H3. The maximum Gasteiger partial charge on any atom is 0.418 e. The highest BCUT2D eigenvalue weighted by Crippen LogP contribution is 2.29. The summed E-state index contributed by atoms with van der Waals surface area (Å²) in [5.74, 6) is -3.67. The lowest BCUT2D eigenvalue weighted by atomic mass is 10.1. The maximum absolute atomic E-state index is 14.1. The Kier molecular flexibility index (Phi) is 5.69. The number of rotatable bonds is 8. The van der Waals surface area contributed by atoms with Crippen molar-refractivity contribution in [3.8, 4) is 17.1 Å². The van der Waals surface area contributed by atoms with E-state index in [4.69, 9.17) is 4.74 Å². The van der Waals surface area contributed by atoms with Crippen LogP contribution in [-0.4, -0.2) is 43.2 Å². The van der Waals surface area contributed by atoms with E-state index in [0.717, 1.165) is 11.3 Å². The summed E-state index contributed by atoms with van der Waals surface area (Å²) in [7, 11) is 0. The molecule has 0 aliphatic rings. The molecular weight excluding hydrogens is 394 g/mol. The SMILES string of the molecule is CCOC(F)(F)c1nnc2cnc(-c3ccc(OC(CC)C(C)(F)F)nc3)cn12. The van der Waals surface area contributed by atoms with Crippen LogP contribution in [0.25, 0.3) is 16.9 Å². The molecule has 0 saturated carbocycles. The number of alkyl halides is 4. The van der Waals surface area contributed by atoms with E-state index >= 15 is 0 Å². The first kappa shape index (κ1) is 20.9. The summed E-state index contributed by atoms with van der Waals surface area (Å²) in [6, 6.07) is 2.96. The minimum atomic E-state index is -3.62. The molecule has 0 aromatic carbocycles. The Balaban J connectivity index is 1.89. The van der Waals surface area contributed by atoms with Crippen molar-refractivity contribution >= 4 is 5.65 Å². The first-order valence-corrected chi connectivity index (χ1v) is 8.89. The quantitative estimate of drug-likeness (QED) is 0.518. The number of aromatic nitrogens is 5. The van der Waals surface area contributed by atoms with Crippen molar-refractivity contribution in [3.05, 3.63) is 36.5 Å². The third-order valence-corrected chi connectivity index (χ3v) is 4.11. The minimum absolute atomic E-state index is 0.0241. The predicted octanol–water partition coefficient (Wildman–Crippen LogP) is 4.08. The largest absolute Gasteiger partial charge is 0.468 e. The van der Waals surface area contributed by atoms with E-state index in [-0.39, 0.29) is 24.6 Å². The van der Waals surface area contributed by atoms with E-state index in [2.05, 4.69) is 24.9 Å². The van der Waals surface area contributed by atoms with Gasteiger partial charge in [-0.15, -0.1) is 10.2 Å². The van der Waals surface area contributed by atoms with Crippen LogP contribution in [0.15, 0.2) is 30.7 Å². The number of pyridine rings is 1. The van der Waals surface area contributed by atoms with Gasteiger partial charge in [-0.25, -0.2) is 13.8 Å². The number of hydrogen-bond acceptors (Lipinski definition) is 6. The molecular formula is C18H19F4N5O2. The second-order valence-corrected chi connectivity index (χ2v) is 6.33. The molecule has 11 heteroatoms. The molecule has 3 aromatic heterocycles. The Hall–Kier alpha value is -2.82. The molecule has 0 fully saturated rings. The molecule has 0 spiro atoms. The highest BCUT2D eigenvalue weighted by molar-refractivity contribution is 5.59. The summed E-state index contributed by atoms with van der Waals surface area (Å²) in [5.41, 5.74) is 0.889. The topological polar surface area (TPSA) is 74.4 Å². The van der Waals surface area contributed by atoms with Gasteiger partial charge in [-0.05, 0) is 19.4 Å². The summed E-state index contributed by atoms with van der Waals surface area (Å²) >= 11 is 0. The van der Waals surface area contributed by atoms with Gasteiger partial charge >= 0.3 is 6.11 Å². The molecule has 0 radical (unpaired) electrons. The van der Waals surface area contributed by atoms with Crippen LogP contribution in [0.2, 0.25) is 0 Å². The fourth-order valence-corrected chi connectivity index (χ4v) is 2.69. The molecule has 0 saturated heterocycles. The molecule has 1 unspecified atom stereocenters. The van der Waals surface area contributed by atoms with Gasteiger partial charge in [0, 0.05) is 30.9 Å². The zero-order valence-corrected chi connectivity index (χ0v) is 15.9. The van der Waals surface area contributed by atoms with Gasteiger partial charge in [-0.3, -0.25) is 9.38 Å². The van der Waals surface area contributed by atoms with Gasteiger partial charge in [-0.2, -0.15) is 8.78 Å². The van der Waals surface area contributed by atoms with Crippen molar-refractivity contribution in [2.75, 3.05) is 6.61 Å². The molecule has 29 heavy (non-hydrogen) atoms. The highest BCUT2D eigenvalue weighted by atomic mass is 19.3. The van der Waals surface area contributed by atoms with Crippen LogP contribution in [0.5, 0.6) is 5.88 Å². The van der Waals surface area contributed by atoms with Gasteiger partial charge in [0.05, 0.1) is 18.5 Å². The van der Waals surface area contributed by atoms with Crippen LogP contribution < -0.4 is 4.74 Å². The Morgan fingerprint density at radius 2 is 1.83 bits per heavy atom. The molecule has 0 aliphatic carbocycles. The highest BCUT2D eigenvalue weighted by Gasteiger charge is 2.38. The first-order chi connectivity index (χ1) is 13.7. The predicted molar refractivity (Wildman–Crippen MR) is 94.9 cm³/mol. The lowest BCUT2D eigenvalue weighted by molar-refractivity contribution is -0.251. The second-order valence-electron chi connectivity index (χ2n) is 6.33. The van der Waals surface area contributed by atoms with Gasteiger partial charge in [0.2, 0.25) is 11.7 Å². The number of hydrogen-bond donors (Lipinski definition) is 0. The van der Waals surface area contributed by atoms with Gasteiger partial charge in [0.15, 0.2) is 11.8 Å². The molecule has 0 amide bonds. The van der Waals surface area contributed by atoms with Gasteiger partial charge in [0.25, 0.3) is 5.92 Å². The molecule has 3 heterocycles. The molecule has 0 N–H and O–H groups in total. The molecule has 0 aliphatic heterocycles. The Morgan fingerprint density at radius 1 is 1.07 bits per heavy atom. The average Bonchev–Trinajstić information content (AvgIpc) is 3.09. The van der Waals surface area contributed by atoms with E-state index in [1.54, 1.807) is 13.0 Å². The van der Waals surface area contributed by atoms with Crippen LogP contribution in [-0.2, 0) is 10.8 Å². The summed E-state index contributed by atoms with van der Waals surface area (Å²) in [4.78, 5) is 8.17. The van der Waals surface area contributed by atoms with Gasteiger partial charge < -0.3 is 9.47 Å². The fraction of sp³-hybridized carbons (Fsp3) is 0.444. The third-order valence-electron chi connectivity index (χ3n) is 4.11. The van der Waals surface area contributed by atoms with E-state index < -0.39 is 24.0 Å². The number of halogens is 4. The lowest BCUT2D eigenvalue weighted by Gasteiger charge is -2.22. The zero-order chi connectivity index (χ0) is 21.2. The first-order valence-electron chi connectivity index (χ1n) is 8.89. The Labute approximate surface area is 163 Å². The lowest BCUT2D eigenvalue weighted by Crippen LogP contribution is -2.35. The second kappa shape index (κ2) is 7.90. The monoisotopic (exact) mass is 413 g/mol. The van der Waals surface area contributed by atoms with Gasteiger partial charge in [0.1, 0.15) is 0 Å². The van der Waals surface area contributed by atoms with Crippen LogP contribution in [0.4, 0.5) is 17.6 Å². The maximum atomic E-state index is 14.1. The van der Waals surface area contributed by atoms with E-state index in [9.17, 15) is 17.6 Å². The number of ether oxygens (including phenoxy) is 2. The normalized spacial score (nSPS) is 13.6. The van der Waals surface area contributed by atoms with E-state index in [0.29, 0.717) is 11.3 Å². The van der Waals surface area contributed by atoms with Crippen LogP contribution in [0, 0.1) is 0 Å². The number of fused-ring (bicyclic) bond motifs is 1. The van der Waals surface area contributed by atoms with Crippen molar-refractivity contribution in [2.24, 2.45) is 0 Å². The molecule has 7 nitrogen and oxygen atoms in total.